The van der Waals surface area contributed by atoms with E-state index in [0.29, 0.717) is 27.9 Å². The SMILES string of the molecule is COC(=O)c1c(NC(=O)c2cc3cccc(OC)c3o2)sc2c1CCN(C(C)C)C2. The van der Waals surface area contributed by atoms with Gasteiger partial charge in [-0.15, -0.1) is 11.3 Å². The minimum absolute atomic E-state index is 0.153. The second kappa shape index (κ2) is 8.12. The number of rotatable bonds is 5. The van der Waals surface area contributed by atoms with Crippen molar-refractivity contribution in [1.82, 2.24) is 4.90 Å². The molecular weight excluding hydrogens is 404 g/mol. The minimum atomic E-state index is -0.438. The quantitative estimate of drug-likeness (QED) is 0.610. The molecular formula is C22H24N2O5S. The molecule has 0 radical (unpaired) electrons. The van der Waals surface area contributed by atoms with Crippen molar-refractivity contribution in [1.29, 1.82) is 0 Å². The van der Waals surface area contributed by atoms with Crippen molar-refractivity contribution in [3.8, 4) is 5.75 Å². The highest BCUT2D eigenvalue weighted by atomic mass is 32.1. The van der Waals surface area contributed by atoms with Crippen LogP contribution in [0.3, 0.4) is 0 Å². The summed E-state index contributed by atoms with van der Waals surface area (Å²) in [5.41, 5.74) is 1.92. The third-order valence-electron chi connectivity index (χ3n) is 5.38. The largest absolute Gasteiger partial charge is 0.493 e. The molecule has 1 aliphatic heterocycles. The number of carbonyl (C=O) groups is 2. The fourth-order valence-electron chi connectivity index (χ4n) is 3.74. The number of esters is 1. The van der Waals surface area contributed by atoms with Gasteiger partial charge in [0, 0.05) is 29.4 Å². The highest BCUT2D eigenvalue weighted by Gasteiger charge is 2.30. The fourth-order valence-corrected chi connectivity index (χ4v) is 5.00. The van der Waals surface area contributed by atoms with E-state index in [-0.39, 0.29) is 5.76 Å². The number of hydrogen-bond donors (Lipinski definition) is 1. The molecule has 0 atom stereocenters. The van der Waals surface area contributed by atoms with E-state index in [1.807, 2.05) is 12.1 Å². The molecule has 0 bridgehead atoms. The van der Waals surface area contributed by atoms with Crippen LogP contribution in [0.4, 0.5) is 5.00 Å². The predicted molar refractivity (Wildman–Crippen MR) is 116 cm³/mol. The molecule has 0 unspecified atom stereocenters. The Hall–Kier alpha value is -2.84. The van der Waals surface area contributed by atoms with Gasteiger partial charge in [-0.1, -0.05) is 12.1 Å². The van der Waals surface area contributed by atoms with Crippen LogP contribution in [-0.2, 0) is 17.7 Å². The van der Waals surface area contributed by atoms with Crippen LogP contribution in [-0.4, -0.2) is 43.6 Å². The number of methoxy groups -OCH3 is 2. The topological polar surface area (TPSA) is 81.0 Å². The van der Waals surface area contributed by atoms with Crippen LogP contribution in [0.2, 0.25) is 0 Å². The molecule has 0 fully saturated rings. The first kappa shape index (κ1) is 20.4. The Balaban J connectivity index is 1.67. The molecule has 3 aromatic rings. The van der Waals surface area contributed by atoms with Gasteiger partial charge >= 0.3 is 5.97 Å². The third kappa shape index (κ3) is 3.57. The molecule has 0 saturated heterocycles. The van der Waals surface area contributed by atoms with Crippen molar-refractivity contribution < 1.29 is 23.5 Å². The van der Waals surface area contributed by atoms with Crippen LogP contribution in [0, 0.1) is 0 Å². The summed E-state index contributed by atoms with van der Waals surface area (Å²) in [5, 5.41) is 4.13. The lowest BCUT2D eigenvalue weighted by Gasteiger charge is -2.30. The fraction of sp³-hybridized carbons (Fsp3) is 0.364. The van der Waals surface area contributed by atoms with Crippen molar-refractivity contribution in [3.05, 3.63) is 46.0 Å². The first-order chi connectivity index (χ1) is 14.4. The molecule has 1 aromatic carbocycles. The Morgan fingerprint density at radius 1 is 1.27 bits per heavy atom. The standard InChI is InChI=1S/C22H24N2O5S/c1-12(2)24-9-8-14-17(11-24)30-21(18(14)22(26)28-4)23-20(25)16-10-13-6-5-7-15(27-3)19(13)29-16/h5-7,10,12H,8-9,11H2,1-4H3,(H,23,25). The molecule has 4 rings (SSSR count). The van der Waals surface area contributed by atoms with E-state index in [4.69, 9.17) is 13.9 Å². The van der Waals surface area contributed by atoms with Crippen LogP contribution in [0.5, 0.6) is 5.75 Å². The first-order valence-electron chi connectivity index (χ1n) is 9.77. The highest BCUT2D eigenvalue weighted by molar-refractivity contribution is 7.17. The van der Waals surface area contributed by atoms with Crippen LogP contribution >= 0.6 is 11.3 Å². The highest BCUT2D eigenvalue weighted by Crippen LogP contribution is 2.38. The zero-order valence-corrected chi connectivity index (χ0v) is 18.2. The van der Waals surface area contributed by atoms with Crippen molar-refractivity contribution in [2.24, 2.45) is 0 Å². The normalized spacial score (nSPS) is 14.0. The van der Waals surface area contributed by atoms with E-state index in [2.05, 4.69) is 24.1 Å². The summed E-state index contributed by atoms with van der Waals surface area (Å²) >= 11 is 1.42. The van der Waals surface area contributed by atoms with Crippen molar-refractivity contribution in [2.75, 3.05) is 26.1 Å². The van der Waals surface area contributed by atoms with Crippen molar-refractivity contribution in [3.63, 3.8) is 0 Å². The van der Waals surface area contributed by atoms with Gasteiger partial charge in [0.2, 0.25) is 0 Å². The Bertz CT molecular complexity index is 1110. The molecule has 3 heterocycles. The monoisotopic (exact) mass is 428 g/mol. The summed E-state index contributed by atoms with van der Waals surface area (Å²) in [6.07, 6.45) is 0.742. The molecule has 7 nitrogen and oxygen atoms in total. The molecule has 0 spiro atoms. The van der Waals surface area contributed by atoms with E-state index < -0.39 is 11.9 Å². The zero-order chi connectivity index (χ0) is 21.4. The van der Waals surface area contributed by atoms with Gasteiger partial charge < -0.3 is 19.2 Å². The molecule has 1 aliphatic rings. The summed E-state index contributed by atoms with van der Waals surface area (Å²) in [6, 6.07) is 7.53. The molecule has 2 aromatic heterocycles. The average Bonchev–Trinajstić information content (AvgIpc) is 3.33. The molecule has 0 aliphatic carbocycles. The molecule has 30 heavy (non-hydrogen) atoms. The van der Waals surface area contributed by atoms with Crippen LogP contribution < -0.4 is 10.1 Å². The maximum atomic E-state index is 12.9. The molecule has 1 N–H and O–H groups in total. The van der Waals surface area contributed by atoms with Gasteiger partial charge in [0.25, 0.3) is 5.91 Å². The molecule has 0 saturated carbocycles. The van der Waals surface area contributed by atoms with E-state index in [1.54, 1.807) is 19.2 Å². The van der Waals surface area contributed by atoms with E-state index in [9.17, 15) is 9.59 Å². The number of ether oxygens (including phenoxy) is 2. The summed E-state index contributed by atoms with van der Waals surface area (Å²) in [6.45, 7) is 5.91. The van der Waals surface area contributed by atoms with Crippen LogP contribution in [0.1, 0.15) is 45.2 Å². The Kier molecular flexibility index (Phi) is 5.53. The summed E-state index contributed by atoms with van der Waals surface area (Å²) in [4.78, 5) is 28.9. The molecule has 1 amide bonds. The summed E-state index contributed by atoms with van der Waals surface area (Å²) in [7, 11) is 2.91. The average molecular weight is 429 g/mol. The summed E-state index contributed by atoms with van der Waals surface area (Å²) in [5.74, 6) is -0.146. The molecule has 8 heteroatoms. The number of thiophene rings is 1. The number of anilines is 1. The summed E-state index contributed by atoms with van der Waals surface area (Å²) < 4.78 is 16.0. The number of carbonyl (C=O) groups excluding carboxylic acids is 2. The third-order valence-corrected chi connectivity index (χ3v) is 6.52. The van der Waals surface area contributed by atoms with Crippen LogP contribution in [0.15, 0.2) is 28.7 Å². The lowest BCUT2D eigenvalue weighted by atomic mass is 10.0. The number of nitrogens with one attached hydrogen (secondary N) is 1. The van der Waals surface area contributed by atoms with E-state index >= 15 is 0 Å². The van der Waals surface area contributed by atoms with Gasteiger partial charge in [0.15, 0.2) is 17.1 Å². The Morgan fingerprint density at radius 2 is 2.07 bits per heavy atom. The minimum Gasteiger partial charge on any atom is -0.493 e. The number of amides is 1. The van der Waals surface area contributed by atoms with Crippen molar-refractivity contribution in [2.45, 2.75) is 32.9 Å². The Labute approximate surface area is 178 Å². The lowest BCUT2D eigenvalue weighted by molar-refractivity contribution is 0.0600. The van der Waals surface area contributed by atoms with Crippen LogP contribution in [0.25, 0.3) is 11.0 Å². The van der Waals surface area contributed by atoms with Gasteiger partial charge in [-0.2, -0.15) is 0 Å². The second-order valence-electron chi connectivity index (χ2n) is 7.46. The van der Waals surface area contributed by atoms with Gasteiger partial charge in [-0.25, -0.2) is 4.79 Å². The van der Waals surface area contributed by atoms with Gasteiger partial charge in [0.05, 0.1) is 19.8 Å². The number of fused-ring (bicyclic) bond motifs is 2. The first-order valence-corrected chi connectivity index (χ1v) is 10.6. The van der Waals surface area contributed by atoms with Gasteiger partial charge in [-0.3, -0.25) is 9.69 Å². The Morgan fingerprint density at radius 3 is 2.77 bits per heavy atom. The number of nitrogens with zero attached hydrogens (tertiary/aromatic N) is 1. The van der Waals surface area contributed by atoms with Gasteiger partial charge in [-0.05, 0) is 38.0 Å². The molecule has 158 valence electrons. The maximum Gasteiger partial charge on any atom is 0.341 e. The van der Waals surface area contributed by atoms with Crippen molar-refractivity contribution >= 4 is 39.2 Å². The number of hydrogen-bond acceptors (Lipinski definition) is 7. The van der Waals surface area contributed by atoms with Gasteiger partial charge in [0.1, 0.15) is 5.00 Å². The number of furan rings is 1. The predicted octanol–water partition coefficient (Wildman–Crippen LogP) is 4.31. The second-order valence-corrected chi connectivity index (χ2v) is 8.56. The smallest absolute Gasteiger partial charge is 0.341 e. The van der Waals surface area contributed by atoms with E-state index in [0.717, 1.165) is 35.3 Å². The lowest BCUT2D eigenvalue weighted by Crippen LogP contribution is -2.35. The maximum absolute atomic E-state index is 12.9. The number of benzene rings is 1. The van der Waals surface area contributed by atoms with E-state index in [1.165, 1.54) is 18.4 Å². The number of para-hydroxylation sites is 1. The zero-order valence-electron chi connectivity index (χ0n) is 17.4.